The predicted molar refractivity (Wildman–Crippen MR) is 92.2 cm³/mol. The van der Waals surface area contributed by atoms with E-state index in [0.29, 0.717) is 20.6 Å². The Kier molecular flexibility index (Phi) is 4.71. The second-order valence-electron chi connectivity index (χ2n) is 4.77. The number of halogens is 2. The highest BCUT2D eigenvalue weighted by Gasteiger charge is 2.35. The third-order valence-corrected chi connectivity index (χ3v) is 4.81. The van der Waals surface area contributed by atoms with Gasteiger partial charge in [-0.25, -0.2) is 0 Å². The van der Waals surface area contributed by atoms with Gasteiger partial charge in [-0.2, -0.15) is 0 Å². The van der Waals surface area contributed by atoms with Crippen molar-refractivity contribution in [3.63, 3.8) is 0 Å². The van der Waals surface area contributed by atoms with E-state index >= 15 is 0 Å². The first kappa shape index (κ1) is 16.1. The molecule has 1 aliphatic heterocycles. The van der Waals surface area contributed by atoms with Crippen molar-refractivity contribution < 1.29 is 9.59 Å². The van der Waals surface area contributed by atoms with Gasteiger partial charge in [0.15, 0.2) is 0 Å². The maximum atomic E-state index is 12.4. The van der Waals surface area contributed by atoms with Crippen LogP contribution in [0.3, 0.4) is 0 Å². The van der Waals surface area contributed by atoms with E-state index in [-0.39, 0.29) is 17.7 Å². The molecule has 1 aliphatic rings. The van der Waals surface area contributed by atoms with Gasteiger partial charge in [0.1, 0.15) is 0 Å². The standard InChI is InChI=1S/C16H10Cl2N2O2S/c17-12-5-4-10(7-13(12)18)9-20-15(21)14(23-16(20)22)8-11-3-1-2-6-19-11/h1-8H,9H2/b14-8-. The number of aromatic nitrogens is 1. The second kappa shape index (κ2) is 6.74. The summed E-state index contributed by atoms with van der Waals surface area (Å²) in [6.07, 6.45) is 3.24. The normalized spacial score (nSPS) is 16.4. The summed E-state index contributed by atoms with van der Waals surface area (Å²) in [4.78, 5) is 30.2. The zero-order valence-electron chi connectivity index (χ0n) is 11.7. The van der Waals surface area contributed by atoms with Crippen molar-refractivity contribution in [1.82, 2.24) is 9.88 Å². The number of hydrogen-bond acceptors (Lipinski definition) is 4. The van der Waals surface area contributed by atoms with Crippen molar-refractivity contribution in [1.29, 1.82) is 0 Å². The van der Waals surface area contributed by atoms with Gasteiger partial charge in [0.25, 0.3) is 11.1 Å². The van der Waals surface area contributed by atoms with Gasteiger partial charge in [0.2, 0.25) is 0 Å². The summed E-state index contributed by atoms with van der Waals surface area (Å²) in [5.74, 6) is -0.336. The molecule has 1 saturated heterocycles. The predicted octanol–water partition coefficient (Wildman–Crippen LogP) is 4.62. The smallest absolute Gasteiger partial charge is 0.268 e. The number of nitrogens with zero attached hydrogens (tertiary/aromatic N) is 2. The van der Waals surface area contributed by atoms with Gasteiger partial charge in [-0.15, -0.1) is 0 Å². The number of carbonyl (C=O) groups is 2. The van der Waals surface area contributed by atoms with Gasteiger partial charge in [-0.1, -0.05) is 35.3 Å². The molecule has 0 saturated carbocycles. The lowest BCUT2D eigenvalue weighted by Crippen LogP contribution is -2.27. The fraction of sp³-hybridized carbons (Fsp3) is 0.0625. The summed E-state index contributed by atoms with van der Waals surface area (Å²) < 4.78 is 0. The van der Waals surface area contributed by atoms with Crippen LogP contribution in [0.4, 0.5) is 4.79 Å². The molecule has 0 spiro atoms. The van der Waals surface area contributed by atoms with Gasteiger partial charge in [-0.05, 0) is 47.7 Å². The molecule has 2 aromatic rings. The summed E-state index contributed by atoms with van der Waals surface area (Å²) in [6, 6.07) is 10.4. The molecule has 4 nitrogen and oxygen atoms in total. The lowest BCUT2D eigenvalue weighted by Gasteiger charge is -2.12. The Morgan fingerprint density at radius 3 is 2.65 bits per heavy atom. The van der Waals surface area contributed by atoms with E-state index in [1.807, 2.05) is 6.07 Å². The molecule has 23 heavy (non-hydrogen) atoms. The van der Waals surface area contributed by atoms with E-state index < -0.39 is 0 Å². The summed E-state index contributed by atoms with van der Waals surface area (Å²) >= 11 is 12.7. The Hall–Kier alpha value is -1.82. The lowest BCUT2D eigenvalue weighted by molar-refractivity contribution is -0.123. The van der Waals surface area contributed by atoms with E-state index in [0.717, 1.165) is 17.3 Å². The van der Waals surface area contributed by atoms with Crippen LogP contribution in [0, 0.1) is 0 Å². The molecule has 1 aromatic heterocycles. The Labute approximate surface area is 147 Å². The monoisotopic (exact) mass is 364 g/mol. The number of pyridine rings is 1. The maximum absolute atomic E-state index is 12.4. The number of rotatable bonds is 3. The molecule has 3 rings (SSSR count). The van der Waals surface area contributed by atoms with Crippen molar-refractivity contribution in [3.05, 3.63) is 68.8 Å². The molecule has 0 atom stereocenters. The average Bonchev–Trinajstić information content (AvgIpc) is 2.79. The largest absolute Gasteiger partial charge is 0.293 e. The molecule has 1 aromatic carbocycles. The Bertz CT molecular complexity index is 809. The number of carbonyl (C=O) groups excluding carboxylic acids is 2. The number of hydrogen-bond donors (Lipinski definition) is 0. The molecule has 2 amide bonds. The maximum Gasteiger partial charge on any atom is 0.293 e. The second-order valence-corrected chi connectivity index (χ2v) is 6.58. The van der Waals surface area contributed by atoms with Gasteiger partial charge >= 0.3 is 0 Å². The van der Waals surface area contributed by atoms with Crippen LogP contribution in [0.5, 0.6) is 0 Å². The summed E-state index contributed by atoms with van der Waals surface area (Å²) in [5, 5.41) is 0.503. The topological polar surface area (TPSA) is 50.3 Å². The minimum Gasteiger partial charge on any atom is -0.268 e. The van der Waals surface area contributed by atoms with Crippen LogP contribution in [-0.2, 0) is 11.3 Å². The molecule has 7 heteroatoms. The molecule has 0 radical (unpaired) electrons. The first-order valence-electron chi connectivity index (χ1n) is 6.65. The van der Waals surface area contributed by atoms with Crippen LogP contribution >= 0.6 is 35.0 Å². The first-order chi connectivity index (χ1) is 11.0. The van der Waals surface area contributed by atoms with Crippen molar-refractivity contribution in [3.8, 4) is 0 Å². The van der Waals surface area contributed by atoms with Crippen LogP contribution in [0.1, 0.15) is 11.3 Å². The number of benzene rings is 1. The van der Waals surface area contributed by atoms with Gasteiger partial charge in [0, 0.05) is 6.20 Å². The zero-order valence-corrected chi connectivity index (χ0v) is 14.0. The fourth-order valence-corrected chi connectivity index (χ4v) is 3.20. The van der Waals surface area contributed by atoms with E-state index in [1.54, 1.807) is 42.6 Å². The van der Waals surface area contributed by atoms with Crippen LogP contribution in [0.25, 0.3) is 6.08 Å². The summed E-state index contributed by atoms with van der Waals surface area (Å²) in [5.41, 5.74) is 1.37. The van der Waals surface area contributed by atoms with E-state index in [2.05, 4.69) is 4.98 Å². The number of imide groups is 1. The first-order valence-corrected chi connectivity index (χ1v) is 8.22. The Balaban J connectivity index is 1.81. The highest BCUT2D eigenvalue weighted by molar-refractivity contribution is 8.18. The Morgan fingerprint density at radius 2 is 1.96 bits per heavy atom. The molecule has 0 aliphatic carbocycles. The van der Waals surface area contributed by atoms with Gasteiger partial charge in [-0.3, -0.25) is 19.5 Å². The van der Waals surface area contributed by atoms with E-state index in [4.69, 9.17) is 23.2 Å². The van der Waals surface area contributed by atoms with Crippen molar-refractivity contribution in [2.24, 2.45) is 0 Å². The molecule has 1 fully saturated rings. The molecule has 2 heterocycles. The van der Waals surface area contributed by atoms with Crippen LogP contribution in [-0.4, -0.2) is 21.0 Å². The summed E-state index contributed by atoms with van der Waals surface area (Å²) in [6.45, 7) is 0.154. The molecule has 0 unspecified atom stereocenters. The minimum atomic E-state index is -0.336. The third-order valence-electron chi connectivity index (χ3n) is 3.17. The quantitative estimate of drug-likeness (QED) is 0.745. The fourth-order valence-electron chi connectivity index (χ4n) is 2.05. The molecule has 0 N–H and O–H groups in total. The Morgan fingerprint density at radius 1 is 1.13 bits per heavy atom. The third kappa shape index (κ3) is 3.58. The van der Waals surface area contributed by atoms with Crippen LogP contribution in [0.15, 0.2) is 47.5 Å². The lowest BCUT2D eigenvalue weighted by atomic mass is 10.2. The molecule has 0 bridgehead atoms. The van der Waals surface area contributed by atoms with Gasteiger partial charge < -0.3 is 0 Å². The zero-order chi connectivity index (χ0) is 16.4. The number of amides is 2. The van der Waals surface area contributed by atoms with E-state index in [1.165, 1.54) is 4.90 Å². The highest BCUT2D eigenvalue weighted by atomic mass is 35.5. The van der Waals surface area contributed by atoms with E-state index in [9.17, 15) is 9.59 Å². The van der Waals surface area contributed by atoms with Crippen molar-refractivity contribution >= 4 is 52.2 Å². The van der Waals surface area contributed by atoms with Crippen LogP contribution < -0.4 is 0 Å². The SMILES string of the molecule is O=C1S/C(=C\c2ccccn2)C(=O)N1Cc1ccc(Cl)c(Cl)c1. The number of thioether (sulfide) groups is 1. The van der Waals surface area contributed by atoms with Gasteiger partial charge in [0.05, 0.1) is 27.2 Å². The molecular weight excluding hydrogens is 355 g/mol. The highest BCUT2D eigenvalue weighted by Crippen LogP contribution is 2.33. The van der Waals surface area contributed by atoms with Crippen molar-refractivity contribution in [2.45, 2.75) is 6.54 Å². The summed E-state index contributed by atoms with van der Waals surface area (Å²) in [7, 11) is 0. The van der Waals surface area contributed by atoms with Crippen molar-refractivity contribution in [2.75, 3.05) is 0 Å². The average molecular weight is 365 g/mol. The minimum absolute atomic E-state index is 0.154. The molecule has 116 valence electrons. The molecular formula is C16H10Cl2N2O2S. The van der Waals surface area contributed by atoms with Crippen LogP contribution in [0.2, 0.25) is 10.0 Å².